The molecule has 0 heterocycles. The highest BCUT2D eigenvalue weighted by atomic mass is 32.2. The maximum absolute atomic E-state index is 10.2. The van der Waals surface area contributed by atoms with E-state index < -0.39 is 10.1 Å². The van der Waals surface area contributed by atoms with Gasteiger partial charge in [0.1, 0.15) is 0 Å². The minimum Gasteiger partial charge on any atom is -0.286 e. The zero-order chi connectivity index (χ0) is 8.32. The highest BCUT2D eigenvalue weighted by Crippen LogP contribution is 2.27. The lowest BCUT2D eigenvalue weighted by Crippen LogP contribution is -2.02. The molecule has 1 aliphatic rings. The van der Waals surface area contributed by atoms with Crippen LogP contribution in [0.3, 0.4) is 0 Å². The molecular formula is C7H10O3S. The van der Waals surface area contributed by atoms with Crippen molar-refractivity contribution >= 4 is 10.1 Å². The third kappa shape index (κ3) is 4.82. The van der Waals surface area contributed by atoms with Crippen molar-refractivity contribution in [3.8, 4) is 11.8 Å². The summed E-state index contributed by atoms with van der Waals surface area (Å²) in [6.07, 6.45) is 2.52. The van der Waals surface area contributed by atoms with Gasteiger partial charge in [0.15, 0.2) is 0 Å². The van der Waals surface area contributed by atoms with Crippen LogP contribution in [0.15, 0.2) is 0 Å². The number of rotatable bonds is 2. The Labute approximate surface area is 66.6 Å². The van der Waals surface area contributed by atoms with Crippen molar-refractivity contribution in [2.45, 2.75) is 19.3 Å². The van der Waals surface area contributed by atoms with Crippen LogP contribution in [0.4, 0.5) is 0 Å². The van der Waals surface area contributed by atoms with Gasteiger partial charge in [-0.3, -0.25) is 4.55 Å². The van der Waals surface area contributed by atoms with Gasteiger partial charge in [-0.25, -0.2) is 0 Å². The average Bonchev–Trinajstić information content (AvgIpc) is 2.60. The summed E-state index contributed by atoms with van der Waals surface area (Å²) in [5.41, 5.74) is 0. The molecule has 0 aromatic rings. The number of hydrogen-bond acceptors (Lipinski definition) is 2. The SMILES string of the molecule is O=S(=O)(O)CCC#CC1CC1. The second-order valence-corrected chi connectivity index (χ2v) is 4.20. The van der Waals surface area contributed by atoms with Crippen LogP contribution in [0.2, 0.25) is 0 Å². The highest BCUT2D eigenvalue weighted by Gasteiger charge is 2.17. The van der Waals surface area contributed by atoms with Crippen LogP contribution in [0.5, 0.6) is 0 Å². The minimum atomic E-state index is -3.80. The molecule has 0 aromatic heterocycles. The van der Waals surface area contributed by atoms with Crippen molar-refractivity contribution in [2.24, 2.45) is 5.92 Å². The van der Waals surface area contributed by atoms with Gasteiger partial charge in [-0.15, -0.1) is 5.92 Å². The molecular weight excluding hydrogens is 164 g/mol. The lowest BCUT2D eigenvalue weighted by atomic mass is 10.4. The molecule has 0 unspecified atom stereocenters. The predicted molar refractivity (Wildman–Crippen MR) is 41.5 cm³/mol. The third-order valence-electron chi connectivity index (χ3n) is 1.37. The van der Waals surface area contributed by atoms with Gasteiger partial charge in [0, 0.05) is 12.3 Å². The van der Waals surface area contributed by atoms with Crippen molar-refractivity contribution in [1.29, 1.82) is 0 Å². The van der Waals surface area contributed by atoms with Crippen LogP contribution in [0, 0.1) is 17.8 Å². The molecule has 0 spiro atoms. The summed E-state index contributed by atoms with van der Waals surface area (Å²) >= 11 is 0. The molecule has 0 saturated heterocycles. The standard InChI is InChI=1S/C7H10O3S/c8-11(9,10)6-2-1-3-7-4-5-7/h7H,2,4-6H2,(H,8,9,10). The smallest absolute Gasteiger partial charge is 0.265 e. The second-order valence-electron chi connectivity index (χ2n) is 2.63. The van der Waals surface area contributed by atoms with E-state index in [1.807, 2.05) is 0 Å². The molecule has 0 aliphatic heterocycles. The van der Waals surface area contributed by atoms with Crippen molar-refractivity contribution < 1.29 is 13.0 Å². The van der Waals surface area contributed by atoms with Gasteiger partial charge < -0.3 is 0 Å². The maximum atomic E-state index is 10.2. The van der Waals surface area contributed by atoms with Crippen LogP contribution >= 0.6 is 0 Å². The maximum Gasteiger partial charge on any atom is 0.265 e. The van der Waals surface area contributed by atoms with E-state index in [2.05, 4.69) is 11.8 Å². The van der Waals surface area contributed by atoms with Crippen LogP contribution in [0.25, 0.3) is 0 Å². The molecule has 0 aromatic carbocycles. The summed E-state index contributed by atoms with van der Waals surface area (Å²) in [6, 6.07) is 0. The number of hydrogen-bond donors (Lipinski definition) is 1. The Bertz CT molecular complexity index is 277. The molecule has 0 bridgehead atoms. The van der Waals surface area contributed by atoms with E-state index in [0.29, 0.717) is 5.92 Å². The molecule has 1 fully saturated rings. The van der Waals surface area contributed by atoms with Crippen LogP contribution < -0.4 is 0 Å². The van der Waals surface area contributed by atoms with E-state index in [1.165, 1.54) is 0 Å². The zero-order valence-electron chi connectivity index (χ0n) is 6.08. The summed E-state index contributed by atoms with van der Waals surface area (Å²) < 4.78 is 28.7. The highest BCUT2D eigenvalue weighted by molar-refractivity contribution is 7.85. The van der Waals surface area contributed by atoms with Gasteiger partial charge >= 0.3 is 0 Å². The Hall–Kier alpha value is -0.530. The van der Waals surface area contributed by atoms with Crippen LogP contribution in [-0.2, 0) is 10.1 Å². The van der Waals surface area contributed by atoms with E-state index in [1.54, 1.807) is 0 Å². The van der Waals surface area contributed by atoms with Gasteiger partial charge in [-0.2, -0.15) is 8.42 Å². The van der Waals surface area contributed by atoms with E-state index in [0.717, 1.165) is 12.8 Å². The van der Waals surface area contributed by atoms with E-state index >= 15 is 0 Å². The molecule has 4 heteroatoms. The van der Waals surface area contributed by atoms with Crippen molar-refractivity contribution in [3.63, 3.8) is 0 Å². The van der Waals surface area contributed by atoms with E-state index in [-0.39, 0.29) is 12.2 Å². The average molecular weight is 174 g/mol. The molecule has 3 nitrogen and oxygen atoms in total. The van der Waals surface area contributed by atoms with E-state index in [9.17, 15) is 8.42 Å². The van der Waals surface area contributed by atoms with Crippen molar-refractivity contribution in [1.82, 2.24) is 0 Å². The van der Waals surface area contributed by atoms with Crippen LogP contribution in [0.1, 0.15) is 19.3 Å². The first-order chi connectivity index (χ1) is 5.08. The fourth-order valence-corrected chi connectivity index (χ4v) is 0.984. The largest absolute Gasteiger partial charge is 0.286 e. The quantitative estimate of drug-likeness (QED) is 0.494. The Morgan fingerprint density at radius 1 is 1.45 bits per heavy atom. The summed E-state index contributed by atoms with van der Waals surface area (Å²) in [6.45, 7) is 0. The third-order valence-corrected chi connectivity index (χ3v) is 2.09. The van der Waals surface area contributed by atoms with Crippen molar-refractivity contribution in [2.75, 3.05) is 5.75 Å². The molecule has 11 heavy (non-hydrogen) atoms. The molecule has 1 aliphatic carbocycles. The fraction of sp³-hybridized carbons (Fsp3) is 0.714. The summed E-state index contributed by atoms with van der Waals surface area (Å²) in [5, 5.41) is 0. The Morgan fingerprint density at radius 3 is 2.55 bits per heavy atom. The Kier molecular flexibility index (Phi) is 2.53. The van der Waals surface area contributed by atoms with Crippen LogP contribution in [-0.4, -0.2) is 18.7 Å². The summed E-state index contributed by atoms with van der Waals surface area (Å²) in [5.74, 6) is 5.87. The van der Waals surface area contributed by atoms with Gasteiger partial charge in [0.05, 0.1) is 5.75 Å². The monoisotopic (exact) mass is 174 g/mol. The lowest BCUT2D eigenvalue weighted by molar-refractivity contribution is 0.483. The summed E-state index contributed by atoms with van der Waals surface area (Å²) in [7, 11) is -3.80. The molecule has 0 atom stereocenters. The first-order valence-corrected chi connectivity index (χ1v) is 5.12. The van der Waals surface area contributed by atoms with Gasteiger partial charge in [-0.05, 0) is 12.8 Å². The first kappa shape index (κ1) is 8.57. The Balaban J connectivity index is 2.19. The minimum absolute atomic E-state index is 0.243. The second kappa shape index (κ2) is 3.24. The molecule has 0 amide bonds. The molecule has 62 valence electrons. The van der Waals surface area contributed by atoms with Crippen molar-refractivity contribution in [3.05, 3.63) is 0 Å². The topological polar surface area (TPSA) is 54.4 Å². The molecule has 0 radical (unpaired) electrons. The fourth-order valence-electron chi connectivity index (χ4n) is 0.624. The molecule has 1 saturated carbocycles. The first-order valence-electron chi connectivity index (χ1n) is 3.51. The molecule has 1 rings (SSSR count). The predicted octanol–water partition coefficient (Wildman–Crippen LogP) is 0.678. The van der Waals surface area contributed by atoms with Gasteiger partial charge in [-0.1, -0.05) is 5.92 Å². The zero-order valence-corrected chi connectivity index (χ0v) is 6.89. The molecule has 1 N–H and O–H groups in total. The summed E-state index contributed by atoms with van der Waals surface area (Å²) in [4.78, 5) is 0. The Morgan fingerprint density at radius 2 is 2.09 bits per heavy atom. The lowest BCUT2D eigenvalue weighted by Gasteiger charge is -1.87. The van der Waals surface area contributed by atoms with E-state index in [4.69, 9.17) is 4.55 Å². The van der Waals surface area contributed by atoms with Gasteiger partial charge in [0.25, 0.3) is 10.1 Å². The van der Waals surface area contributed by atoms with Gasteiger partial charge in [0.2, 0.25) is 0 Å². The normalized spacial score (nSPS) is 17.2.